The van der Waals surface area contributed by atoms with Gasteiger partial charge in [-0.15, -0.1) is 11.3 Å². The van der Waals surface area contributed by atoms with Gasteiger partial charge in [0.25, 0.3) is 0 Å². The molecule has 108 valence electrons. The van der Waals surface area contributed by atoms with Gasteiger partial charge in [0.1, 0.15) is 0 Å². The second kappa shape index (κ2) is 5.54. The predicted molar refractivity (Wildman–Crippen MR) is 75.5 cm³/mol. The van der Waals surface area contributed by atoms with Gasteiger partial charge in [-0.25, -0.2) is 4.79 Å². The van der Waals surface area contributed by atoms with E-state index in [9.17, 15) is 14.7 Å². The van der Waals surface area contributed by atoms with E-state index in [-0.39, 0.29) is 11.9 Å². The number of carbonyl (C=O) groups is 2. The molecule has 1 saturated carbocycles. The van der Waals surface area contributed by atoms with Gasteiger partial charge in [0.05, 0.1) is 6.04 Å². The summed E-state index contributed by atoms with van der Waals surface area (Å²) in [6.45, 7) is 0.874. The lowest BCUT2D eigenvalue weighted by molar-refractivity contribution is -0.142. The summed E-state index contributed by atoms with van der Waals surface area (Å²) in [5.41, 5.74) is 0. The van der Waals surface area contributed by atoms with Crippen molar-refractivity contribution < 1.29 is 14.7 Å². The lowest BCUT2D eigenvalue weighted by atomic mass is 9.93. The first kappa shape index (κ1) is 13.6. The Kier molecular flexibility index (Phi) is 3.76. The Bertz CT molecular complexity index is 503. The maximum Gasteiger partial charge on any atom is 0.331 e. The zero-order valence-corrected chi connectivity index (χ0v) is 11.9. The van der Waals surface area contributed by atoms with Gasteiger partial charge in [-0.05, 0) is 42.7 Å². The molecule has 3 N–H and O–H groups in total. The zero-order valence-electron chi connectivity index (χ0n) is 11.0. The van der Waals surface area contributed by atoms with Crippen molar-refractivity contribution in [2.45, 2.75) is 31.3 Å². The molecule has 0 spiro atoms. The monoisotopic (exact) mass is 294 g/mol. The third kappa shape index (κ3) is 2.45. The van der Waals surface area contributed by atoms with Gasteiger partial charge in [0.2, 0.25) is 5.91 Å². The normalized spacial score (nSPS) is 29.9. The Labute approximate surface area is 121 Å². The first-order valence-corrected chi connectivity index (χ1v) is 7.85. The summed E-state index contributed by atoms with van der Waals surface area (Å²) in [4.78, 5) is 24.4. The van der Waals surface area contributed by atoms with Crippen molar-refractivity contribution in [1.82, 2.24) is 10.6 Å². The molecule has 2 fully saturated rings. The van der Waals surface area contributed by atoms with Gasteiger partial charge < -0.3 is 15.7 Å². The van der Waals surface area contributed by atoms with Gasteiger partial charge >= 0.3 is 5.97 Å². The number of carbonyl (C=O) groups excluding carboxylic acids is 1. The van der Waals surface area contributed by atoms with E-state index in [1.807, 2.05) is 5.38 Å². The summed E-state index contributed by atoms with van der Waals surface area (Å²) >= 11 is 1.35. The molecule has 5 nitrogen and oxygen atoms in total. The molecule has 3 rings (SSSR count). The van der Waals surface area contributed by atoms with Gasteiger partial charge in [-0.1, -0.05) is 12.5 Å². The quantitative estimate of drug-likeness (QED) is 0.784. The van der Waals surface area contributed by atoms with Crippen LogP contribution < -0.4 is 10.6 Å². The minimum absolute atomic E-state index is 0.180. The van der Waals surface area contributed by atoms with E-state index >= 15 is 0 Å². The highest BCUT2D eigenvalue weighted by Gasteiger charge is 2.43. The topological polar surface area (TPSA) is 78.4 Å². The third-order valence-electron chi connectivity index (χ3n) is 4.39. The van der Waals surface area contributed by atoms with Crippen LogP contribution in [0.4, 0.5) is 0 Å². The lowest BCUT2D eigenvalue weighted by Gasteiger charge is -2.20. The smallest absolute Gasteiger partial charge is 0.331 e. The minimum Gasteiger partial charge on any atom is -0.479 e. The standard InChI is InChI=1S/C14H18N2O3S/c17-13(11-9-4-1-3-8(9)7-15-11)16-12(14(18)19)10-5-2-6-20-10/h2,5-6,8-9,11-12,15H,1,3-4,7H2,(H,16,17)(H,18,19). The van der Waals surface area contributed by atoms with Crippen molar-refractivity contribution in [1.29, 1.82) is 0 Å². The van der Waals surface area contributed by atoms with Crippen molar-refractivity contribution in [2.75, 3.05) is 6.54 Å². The molecule has 1 aromatic rings. The van der Waals surface area contributed by atoms with Crippen LogP contribution >= 0.6 is 11.3 Å². The van der Waals surface area contributed by atoms with Gasteiger partial charge in [0, 0.05) is 4.88 Å². The van der Waals surface area contributed by atoms with Crippen LogP contribution in [0.5, 0.6) is 0 Å². The third-order valence-corrected chi connectivity index (χ3v) is 5.33. The first-order chi connectivity index (χ1) is 9.66. The van der Waals surface area contributed by atoms with Crippen LogP contribution in [0.1, 0.15) is 30.2 Å². The van der Waals surface area contributed by atoms with E-state index in [1.54, 1.807) is 12.1 Å². The van der Waals surface area contributed by atoms with Crippen LogP contribution in [0.25, 0.3) is 0 Å². The maximum atomic E-state index is 12.4. The average Bonchev–Trinajstić information content (AvgIpc) is 3.11. The predicted octanol–water partition coefficient (Wildman–Crippen LogP) is 1.38. The molecule has 6 heteroatoms. The van der Waals surface area contributed by atoms with Crippen molar-refractivity contribution in [3.05, 3.63) is 22.4 Å². The fourth-order valence-electron chi connectivity index (χ4n) is 3.42. The molecular formula is C14H18N2O3S. The van der Waals surface area contributed by atoms with Crippen LogP contribution in [0.3, 0.4) is 0 Å². The fraction of sp³-hybridized carbons (Fsp3) is 0.571. The number of nitrogens with one attached hydrogen (secondary N) is 2. The SMILES string of the molecule is O=C(O)C(NC(=O)C1NCC2CCCC21)c1cccs1. The van der Waals surface area contributed by atoms with E-state index in [2.05, 4.69) is 10.6 Å². The molecule has 0 radical (unpaired) electrons. The van der Waals surface area contributed by atoms with Crippen LogP contribution in [0.15, 0.2) is 17.5 Å². The maximum absolute atomic E-state index is 12.4. The Morgan fingerprint density at radius 2 is 2.30 bits per heavy atom. The van der Waals surface area contributed by atoms with E-state index in [0.717, 1.165) is 13.0 Å². The minimum atomic E-state index is -1.01. The van der Waals surface area contributed by atoms with E-state index < -0.39 is 12.0 Å². The Hall–Kier alpha value is -1.40. The number of carboxylic acids is 1. The van der Waals surface area contributed by atoms with E-state index in [1.165, 1.54) is 24.2 Å². The molecule has 1 aliphatic carbocycles. The molecule has 0 aromatic carbocycles. The zero-order chi connectivity index (χ0) is 14.1. The number of rotatable bonds is 4. The van der Waals surface area contributed by atoms with E-state index in [0.29, 0.717) is 16.7 Å². The molecule has 1 amide bonds. The van der Waals surface area contributed by atoms with Crippen molar-refractivity contribution in [3.63, 3.8) is 0 Å². The molecular weight excluding hydrogens is 276 g/mol. The Morgan fingerprint density at radius 3 is 3.00 bits per heavy atom. The van der Waals surface area contributed by atoms with Crippen LogP contribution in [0, 0.1) is 11.8 Å². The summed E-state index contributed by atoms with van der Waals surface area (Å²) in [6.07, 6.45) is 3.41. The van der Waals surface area contributed by atoms with Crippen LogP contribution in [-0.2, 0) is 9.59 Å². The molecule has 0 bridgehead atoms. The second-order valence-corrected chi connectivity index (χ2v) is 6.52. The molecule has 2 aliphatic rings. The number of fused-ring (bicyclic) bond motifs is 1. The number of carboxylic acid groups (broad SMARTS) is 1. The van der Waals surface area contributed by atoms with Gasteiger partial charge in [-0.2, -0.15) is 0 Å². The summed E-state index contributed by atoms with van der Waals surface area (Å²) in [5, 5.41) is 17.0. The fourth-order valence-corrected chi connectivity index (χ4v) is 4.18. The average molecular weight is 294 g/mol. The number of aliphatic carboxylic acids is 1. The molecule has 1 aromatic heterocycles. The lowest BCUT2D eigenvalue weighted by Crippen LogP contribution is -2.46. The Morgan fingerprint density at radius 1 is 1.45 bits per heavy atom. The van der Waals surface area contributed by atoms with Gasteiger partial charge in [0.15, 0.2) is 6.04 Å². The summed E-state index contributed by atoms with van der Waals surface area (Å²) in [5.74, 6) is -0.245. The largest absolute Gasteiger partial charge is 0.479 e. The number of hydrogen-bond acceptors (Lipinski definition) is 4. The van der Waals surface area contributed by atoms with E-state index in [4.69, 9.17) is 0 Å². The number of amides is 1. The summed E-state index contributed by atoms with van der Waals surface area (Å²) in [7, 11) is 0. The van der Waals surface area contributed by atoms with Crippen molar-refractivity contribution in [3.8, 4) is 0 Å². The highest BCUT2D eigenvalue weighted by atomic mass is 32.1. The number of thiophene rings is 1. The van der Waals surface area contributed by atoms with Crippen LogP contribution in [0.2, 0.25) is 0 Å². The molecule has 2 heterocycles. The second-order valence-electron chi connectivity index (χ2n) is 5.54. The summed E-state index contributed by atoms with van der Waals surface area (Å²) in [6, 6.07) is 2.36. The molecule has 20 heavy (non-hydrogen) atoms. The van der Waals surface area contributed by atoms with Crippen LogP contribution in [-0.4, -0.2) is 29.6 Å². The molecule has 1 saturated heterocycles. The highest BCUT2D eigenvalue weighted by molar-refractivity contribution is 7.10. The highest BCUT2D eigenvalue weighted by Crippen LogP contribution is 2.37. The van der Waals surface area contributed by atoms with Crippen molar-refractivity contribution >= 4 is 23.2 Å². The Balaban J connectivity index is 1.69. The summed E-state index contributed by atoms with van der Waals surface area (Å²) < 4.78 is 0. The molecule has 4 unspecified atom stereocenters. The number of hydrogen-bond donors (Lipinski definition) is 3. The first-order valence-electron chi connectivity index (χ1n) is 6.97. The molecule has 4 atom stereocenters. The van der Waals surface area contributed by atoms with Crippen molar-refractivity contribution in [2.24, 2.45) is 11.8 Å². The molecule has 1 aliphatic heterocycles. The van der Waals surface area contributed by atoms with Gasteiger partial charge in [-0.3, -0.25) is 4.79 Å².